The highest BCUT2D eigenvalue weighted by atomic mass is 35.5. The first kappa shape index (κ1) is 13.2. The van der Waals surface area contributed by atoms with Crippen LogP contribution in [0.3, 0.4) is 0 Å². The molecule has 1 aromatic carbocycles. The van der Waals surface area contributed by atoms with Crippen molar-refractivity contribution in [2.24, 2.45) is 0 Å². The Kier molecular flexibility index (Phi) is 3.04. The molecule has 3 aromatic rings. The second kappa shape index (κ2) is 5.06. The fourth-order valence-corrected chi connectivity index (χ4v) is 2.99. The molecule has 0 saturated heterocycles. The van der Waals surface area contributed by atoms with Gasteiger partial charge in [0, 0.05) is 24.4 Å². The lowest BCUT2D eigenvalue weighted by molar-refractivity contribution is 0.0929. The zero-order chi connectivity index (χ0) is 15.1. The lowest BCUT2D eigenvalue weighted by atomic mass is 10.2. The fraction of sp³-hybridized carbons (Fsp3) is 0.200. The molecule has 1 unspecified atom stereocenters. The van der Waals surface area contributed by atoms with E-state index in [1.165, 1.54) is 6.33 Å². The zero-order valence-corrected chi connectivity index (χ0v) is 12.3. The van der Waals surface area contributed by atoms with Crippen molar-refractivity contribution in [3.8, 4) is 0 Å². The summed E-state index contributed by atoms with van der Waals surface area (Å²) in [6.07, 6.45) is 4.78. The van der Waals surface area contributed by atoms with Crippen molar-refractivity contribution >= 4 is 28.5 Å². The summed E-state index contributed by atoms with van der Waals surface area (Å²) in [6.45, 7) is 0. The molecule has 22 heavy (non-hydrogen) atoms. The maximum absolute atomic E-state index is 12.3. The van der Waals surface area contributed by atoms with Crippen LogP contribution in [0, 0.1) is 0 Å². The van der Waals surface area contributed by atoms with Crippen LogP contribution in [0.2, 0.25) is 5.02 Å². The number of carbonyl (C=O) groups excluding carboxylic acids is 1. The quantitative estimate of drug-likeness (QED) is 0.757. The third-order valence-corrected chi connectivity index (χ3v) is 4.11. The molecule has 1 amide bonds. The molecule has 110 valence electrons. The molecule has 2 N–H and O–H groups in total. The van der Waals surface area contributed by atoms with Crippen LogP contribution in [-0.2, 0) is 12.8 Å². The number of nitrogens with one attached hydrogen (secondary N) is 2. The van der Waals surface area contributed by atoms with Gasteiger partial charge >= 0.3 is 0 Å². The molecular weight excluding hydrogens is 302 g/mol. The monoisotopic (exact) mass is 313 g/mol. The Morgan fingerprint density at radius 2 is 2.27 bits per heavy atom. The number of H-pyrrole nitrogens is 1. The van der Waals surface area contributed by atoms with Gasteiger partial charge in [0.05, 0.1) is 10.5 Å². The van der Waals surface area contributed by atoms with Gasteiger partial charge in [-0.3, -0.25) is 4.79 Å². The van der Waals surface area contributed by atoms with Crippen LogP contribution in [0.15, 0.2) is 30.7 Å². The first-order valence-electron chi connectivity index (χ1n) is 6.93. The van der Waals surface area contributed by atoms with Crippen molar-refractivity contribution in [2.45, 2.75) is 18.9 Å². The maximum Gasteiger partial charge on any atom is 0.287 e. The molecule has 1 aliphatic carbocycles. The molecule has 4 rings (SSSR count). The Morgan fingerprint density at radius 3 is 3.09 bits per heavy atom. The Bertz CT molecular complexity index is 850. The van der Waals surface area contributed by atoms with Gasteiger partial charge in [0.15, 0.2) is 5.82 Å². The van der Waals surface area contributed by atoms with Crippen molar-refractivity contribution in [2.75, 3.05) is 0 Å². The predicted octanol–water partition coefficient (Wildman–Crippen LogP) is 1.90. The minimum atomic E-state index is -0.238. The van der Waals surface area contributed by atoms with E-state index in [2.05, 4.69) is 25.3 Å². The molecule has 0 aliphatic heterocycles. The SMILES string of the molecule is O=C(NC1Cc2cncnc2C1)c1nc2c(Cl)cccc2[nH]1. The van der Waals surface area contributed by atoms with E-state index in [1.54, 1.807) is 12.3 Å². The van der Waals surface area contributed by atoms with Crippen LogP contribution < -0.4 is 5.32 Å². The minimum Gasteiger partial charge on any atom is -0.346 e. The molecule has 0 bridgehead atoms. The van der Waals surface area contributed by atoms with E-state index in [1.807, 2.05) is 12.1 Å². The molecule has 6 nitrogen and oxygen atoms in total. The Balaban J connectivity index is 1.54. The van der Waals surface area contributed by atoms with E-state index in [0.29, 0.717) is 17.0 Å². The van der Waals surface area contributed by atoms with Crippen molar-refractivity contribution in [3.05, 3.63) is 52.8 Å². The third kappa shape index (κ3) is 2.21. The molecule has 1 aliphatic rings. The first-order chi connectivity index (χ1) is 10.7. The van der Waals surface area contributed by atoms with Gasteiger partial charge in [-0.2, -0.15) is 0 Å². The molecule has 1 atom stereocenters. The molecule has 0 radical (unpaired) electrons. The largest absolute Gasteiger partial charge is 0.346 e. The average molecular weight is 314 g/mol. The summed E-state index contributed by atoms with van der Waals surface area (Å²) >= 11 is 6.08. The summed E-state index contributed by atoms with van der Waals surface area (Å²) in [5, 5.41) is 3.50. The number of benzene rings is 1. The van der Waals surface area contributed by atoms with Crippen molar-refractivity contribution in [3.63, 3.8) is 0 Å². The third-order valence-electron chi connectivity index (χ3n) is 3.80. The van der Waals surface area contributed by atoms with Crippen LogP contribution in [0.4, 0.5) is 0 Å². The van der Waals surface area contributed by atoms with E-state index < -0.39 is 0 Å². The Morgan fingerprint density at radius 1 is 1.36 bits per heavy atom. The number of rotatable bonds is 2. The minimum absolute atomic E-state index is 0.0166. The Labute approximate surface area is 131 Å². The number of imidazole rings is 1. The topological polar surface area (TPSA) is 83.6 Å². The lowest BCUT2D eigenvalue weighted by Gasteiger charge is -2.09. The number of aromatic nitrogens is 4. The normalized spacial score (nSPS) is 16.7. The van der Waals surface area contributed by atoms with Crippen LogP contribution in [0.5, 0.6) is 0 Å². The van der Waals surface area contributed by atoms with Gasteiger partial charge in [-0.05, 0) is 24.1 Å². The number of carbonyl (C=O) groups is 1. The maximum atomic E-state index is 12.3. The number of nitrogens with zero attached hydrogens (tertiary/aromatic N) is 3. The standard InChI is InChI=1S/C15H12ClN5O/c16-10-2-1-3-11-13(10)21-14(20-11)15(22)19-9-4-8-6-17-7-18-12(8)5-9/h1-3,6-7,9H,4-5H2,(H,19,22)(H,20,21). The summed E-state index contributed by atoms with van der Waals surface area (Å²) in [4.78, 5) is 27.9. The lowest BCUT2D eigenvalue weighted by Crippen LogP contribution is -2.35. The van der Waals surface area contributed by atoms with Gasteiger partial charge in [-0.25, -0.2) is 15.0 Å². The predicted molar refractivity (Wildman–Crippen MR) is 81.8 cm³/mol. The summed E-state index contributed by atoms with van der Waals surface area (Å²) in [6, 6.07) is 5.42. The van der Waals surface area contributed by atoms with Crippen molar-refractivity contribution in [1.82, 2.24) is 25.3 Å². The molecule has 7 heteroatoms. The van der Waals surface area contributed by atoms with Crippen LogP contribution >= 0.6 is 11.6 Å². The smallest absolute Gasteiger partial charge is 0.287 e. The van der Waals surface area contributed by atoms with Gasteiger partial charge in [0.2, 0.25) is 0 Å². The van der Waals surface area contributed by atoms with Crippen LogP contribution in [0.25, 0.3) is 11.0 Å². The van der Waals surface area contributed by atoms with E-state index in [4.69, 9.17) is 11.6 Å². The highest BCUT2D eigenvalue weighted by Crippen LogP contribution is 2.22. The number of hydrogen-bond donors (Lipinski definition) is 2. The number of hydrogen-bond acceptors (Lipinski definition) is 4. The molecule has 0 fully saturated rings. The number of aromatic amines is 1. The molecule has 2 heterocycles. The highest BCUT2D eigenvalue weighted by molar-refractivity contribution is 6.35. The van der Waals surface area contributed by atoms with Crippen molar-refractivity contribution in [1.29, 1.82) is 0 Å². The van der Waals surface area contributed by atoms with Gasteiger partial charge in [-0.1, -0.05) is 17.7 Å². The van der Waals surface area contributed by atoms with Gasteiger partial charge in [-0.15, -0.1) is 0 Å². The van der Waals surface area contributed by atoms with E-state index in [0.717, 1.165) is 23.2 Å². The average Bonchev–Trinajstić information content (AvgIpc) is 3.10. The van der Waals surface area contributed by atoms with Crippen LogP contribution in [-0.4, -0.2) is 31.9 Å². The van der Waals surface area contributed by atoms with Gasteiger partial charge in [0.1, 0.15) is 11.8 Å². The van der Waals surface area contributed by atoms with Gasteiger partial charge in [0.25, 0.3) is 5.91 Å². The molecule has 0 spiro atoms. The Hall–Kier alpha value is -2.47. The van der Waals surface area contributed by atoms with Crippen molar-refractivity contribution < 1.29 is 4.79 Å². The summed E-state index contributed by atoms with van der Waals surface area (Å²) in [5.41, 5.74) is 3.43. The number of fused-ring (bicyclic) bond motifs is 2. The van der Waals surface area contributed by atoms with Crippen LogP contribution in [0.1, 0.15) is 21.9 Å². The second-order valence-corrected chi connectivity index (χ2v) is 5.70. The number of para-hydroxylation sites is 1. The molecule has 0 saturated carbocycles. The van der Waals surface area contributed by atoms with E-state index in [9.17, 15) is 4.79 Å². The zero-order valence-electron chi connectivity index (χ0n) is 11.5. The number of amides is 1. The second-order valence-electron chi connectivity index (χ2n) is 5.29. The van der Waals surface area contributed by atoms with Gasteiger partial charge < -0.3 is 10.3 Å². The highest BCUT2D eigenvalue weighted by Gasteiger charge is 2.25. The molecule has 2 aromatic heterocycles. The number of halogens is 1. The van der Waals surface area contributed by atoms with E-state index in [-0.39, 0.29) is 17.8 Å². The summed E-state index contributed by atoms with van der Waals surface area (Å²) in [7, 11) is 0. The molecular formula is C15H12ClN5O. The fourth-order valence-electron chi connectivity index (χ4n) is 2.77. The first-order valence-corrected chi connectivity index (χ1v) is 7.31. The van der Waals surface area contributed by atoms with E-state index >= 15 is 0 Å². The summed E-state index contributed by atoms with van der Waals surface area (Å²) in [5.74, 6) is 0.0307. The summed E-state index contributed by atoms with van der Waals surface area (Å²) < 4.78 is 0.